The van der Waals surface area contributed by atoms with Gasteiger partial charge in [0.25, 0.3) is 0 Å². The Bertz CT molecular complexity index is 1150. The zero-order valence-corrected chi connectivity index (χ0v) is 35.6. The van der Waals surface area contributed by atoms with E-state index in [0.29, 0.717) is 17.4 Å². The Hall–Kier alpha value is -2.55. The van der Waals surface area contributed by atoms with E-state index in [2.05, 4.69) is 62.5 Å². The summed E-state index contributed by atoms with van der Waals surface area (Å²) < 4.78 is 34.0. The van der Waals surface area contributed by atoms with Crippen molar-refractivity contribution in [3.8, 4) is 0 Å². The van der Waals surface area contributed by atoms with Gasteiger partial charge in [-0.1, -0.05) is 145 Å². The molecule has 1 unspecified atom stereocenters. The molecule has 0 saturated carbocycles. The Balaban J connectivity index is 4.59. The third kappa shape index (κ3) is 39.2. The number of unbranched alkanes of at least 4 members (excludes halogenated alkanes) is 13. The first-order valence-corrected chi connectivity index (χ1v) is 22.2. The van der Waals surface area contributed by atoms with Gasteiger partial charge in [0.2, 0.25) is 0 Å². The number of phosphoric ester groups is 1. The van der Waals surface area contributed by atoms with E-state index >= 15 is 0 Å². The molecule has 1 N–H and O–H groups in total. The van der Waals surface area contributed by atoms with Gasteiger partial charge in [0, 0.05) is 12.5 Å². The van der Waals surface area contributed by atoms with Crippen LogP contribution in [0.4, 0.5) is 0 Å². The Morgan fingerprint density at radius 1 is 0.648 bits per heavy atom. The van der Waals surface area contributed by atoms with Crippen molar-refractivity contribution in [2.45, 2.75) is 148 Å². The minimum absolute atomic E-state index is 0.00750. The van der Waals surface area contributed by atoms with Gasteiger partial charge in [0.1, 0.15) is 19.8 Å². The van der Waals surface area contributed by atoms with Crippen molar-refractivity contribution >= 4 is 19.8 Å². The molecule has 54 heavy (non-hydrogen) atoms. The number of quaternary nitrogens is 1. The molecule has 0 aromatic rings. The van der Waals surface area contributed by atoms with Gasteiger partial charge in [0.15, 0.2) is 6.10 Å². The van der Waals surface area contributed by atoms with Gasteiger partial charge in [-0.15, -0.1) is 0 Å². The summed E-state index contributed by atoms with van der Waals surface area (Å²) in [6.45, 7) is 4.10. The van der Waals surface area contributed by atoms with Crippen LogP contribution in [0.1, 0.15) is 142 Å². The third-order valence-corrected chi connectivity index (χ3v) is 9.31. The van der Waals surface area contributed by atoms with E-state index in [1.807, 2.05) is 33.3 Å². The van der Waals surface area contributed by atoms with E-state index in [-0.39, 0.29) is 19.6 Å². The van der Waals surface area contributed by atoms with Gasteiger partial charge in [0.05, 0.1) is 27.7 Å². The molecule has 0 rings (SSSR count). The lowest BCUT2D eigenvalue weighted by Gasteiger charge is -2.24. The maximum atomic E-state index is 12.6. The number of esters is 2. The van der Waals surface area contributed by atoms with Gasteiger partial charge in [-0.2, -0.15) is 0 Å². The monoisotopic (exact) mass is 779 g/mol. The SMILES string of the molecule is CC/C=C/C/C=C/C/C=C/C/C=C/CCCCC(=O)O[C@H](COC(=O)/C=C/C=C/CCCCCCCCCCCCC)COP(=O)(O)OCC[N+](C)(C)C. The smallest absolute Gasteiger partial charge is 0.458 e. The fraction of sp³-hybridized carbons (Fsp3) is 0.682. The lowest BCUT2D eigenvalue weighted by molar-refractivity contribution is -0.870. The summed E-state index contributed by atoms with van der Waals surface area (Å²) in [5.74, 6) is -1.11. The molecular formula is C44H77NO8P+. The minimum atomic E-state index is -4.41. The second-order valence-corrected chi connectivity index (χ2v) is 16.2. The second-order valence-electron chi connectivity index (χ2n) is 14.7. The highest BCUT2D eigenvalue weighted by molar-refractivity contribution is 7.47. The molecule has 0 aliphatic carbocycles. The highest BCUT2D eigenvalue weighted by atomic mass is 31.2. The van der Waals surface area contributed by atoms with Crippen molar-refractivity contribution in [1.29, 1.82) is 0 Å². The van der Waals surface area contributed by atoms with E-state index in [4.69, 9.17) is 18.5 Å². The third-order valence-electron chi connectivity index (χ3n) is 8.32. The maximum absolute atomic E-state index is 12.6. The average Bonchev–Trinajstić information content (AvgIpc) is 3.12. The van der Waals surface area contributed by atoms with Crippen molar-refractivity contribution < 1.29 is 42.1 Å². The number of phosphoric acid groups is 1. The molecular weight excluding hydrogens is 701 g/mol. The van der Waals surface area contributed by atoms with Crippen LogP contribution in [0.15, 0.2) is 72.9 Å². The summed E-state index contributed by atoms with van der Waals surface area (Å²) >= 11 is 0. The number of hydrogen-bond donors (Lipinski definition) is 1. The number of allylic oxidation sites excluding steroid dienone is 11. The van der Waals surface area contributed by atoms with Crippen LogP contribution < -0.4 is 0 Å². The number of ether oxygens (including phenoxy) is 2. The largest absolute Gasteiger partial charge is 0.472 e. The molecule has 0 amide bonds. The number of carbonyl (C=O) groups excluding carboxylic acids is 2. The minimum Gasteiger partial charge on any atom is -0.458 e. The molecule has 0 bridgehead atoms. The Morgan fingerprint density at radius 2 is 1.19 bits per heavy atom. The summed E-state index contributed by atoms with van der Waals surface area (Å²) in [6.07, 6.45) is 44.5. The molecule has 0 heterocycles. The van der Waals surface area contributed by atoms with Crippen LogP contribution in [-0.4, -0.2) is 74.9 Å². The molecule has 10 heteroatoms. The predicted octanol–water partition coefficient (Wildman–Crippen LogP) is 11.5. The fourth-order valence-corrected chi connectivity index (χ4v) is 5.83. The van der Waals surface area contributed by atoms with Crippen molar-refractivity contribution in [2.75, 3.05) is 47.5 Å². The normalized spacial score (nSPS) is 14.4. The first-order chi connectivity index (χ1) is 26.0. The summed E-state index contributed by atoms with van der Waals surface area (Å²) in [5.41, 5.74) is 0. The molecule has 0 aliphatic heterocycles. The summed E-state index contributed by atoms with van der Waals surface area (Å²) in [5, 5.41) is 0. The van der Waals surface area contributed by atoms with Crippen LogP contribution in [-0.2, 0) is 32.7 Å². The lowest BCUT2D eigenvalue weighted by atomic mass is 10.1. The van der Waals surface area contributed by atoms with Crippen molar-refractivity contribution in [1.82, 2.24) is 0 Å². The number of likely N-dealkylation sites (N-methyl/N-ethyl adjacent to an activating group) is 1. The van der Waals surface area contributed by atoms with Crippen molar-refractivity contribution in [2.24, 2.45) is 0 Å². The van der Waals surface area contributed by atoms with Crippen LogP contribution in [0.2, 0.25) is 0 Å². The van der Waals surface area contributed by atoms with Gasteiger partial charge in [-0.3, -0.25) is 13.8 Å². The van der Waals surface area contributed by atoms with Crippen LogP contribution in [0.3, 0.4) is 0 Å². The summed E-state index contributed by atoms with van der Waals surface area (Å²) in [6, 6.07) is 0. The molecule has 0 spiro atoms. The number of rotatable bonds is 36. The van der Waals surface area contributed by atoms with Gasteiger partial charge in [-0.05, 0) is 57.8 Å². The lowest BCUT2D eigenvalue weighted by Crippen LogP contribution is -2.37. The molecule has 0 aromatic heterocycles. The highest BCUT2D eigenvalue weighted by Gasteiger charge is 2.26. The van der Waals surface area contributed by atoms with Gasteiger partial charge < -0.3 is 18.9 Å². The molecule has 0 aliphatic rings. The highest BCUT2D eigenvalue weighted by Crippen LogP contribution is 2.43. The Morgan fingerprint density at radius 3 is 1.78 bits per heavy atom. The second kappa shape index (κ2) is 36.1. The first-order valence-electron chi connectivity index (χ1n) is 20.7. The number of hydrogen-bond acceptors (Lipinski definition) is 7. The van der Waals surface area contributed by atoms with E-state index < -0.39 is 32.5 Å². The van der Waals surface area contributed by atoms with E-state index in [1.54, 1.807) is 6.08 Å². The van der Waals surface area contributed by atoms with E-state index in [9.17, 15) is 19.0 Å². The van der Waals surface area contributed by atoms with E-state index in [1.165, 1.54) is 70.3 Å². The van der Waals surface area contributed by atoms with Crippen LogP contribution in [0, 0.1) is 0 Å². The Kier molecular flexibility index (Phi) is 34.4. The molecule has 0 fully saturated rings. The number of nitrogens with zero attached hydrogens (tertiary/aromatic N) is 1. The topological polar surface area (TPSA) is 108 Å². The van der Waals surface area contributed by atoms with Crippen molar-refractivity contribution in [3.05, 3.63) is 72.9 Å². The first kappa shape index (κ1) is 51.5. The standard InChI is InChI=1S/C44H76NO8P/c1-6-8-10-12-14-16-18-20-22-24-26-28-30-32-34-36-43(46)50-40-42(41-52-54(48,49)51-39-38-45(3,4)5)53-44(47)37-35-33-31-29-27-25-23-21-19-17-15-13-11-9-7-2/h9,11,15,17,21,23,27,29-30,32,34,36,42H,6-8,10,12-14,16,18-20,22,24-26,28,31,33,35,37-41H2,1-5H3/p+1/b11-9+,17-15+,23-21+,29-27+,32-30+,36-34+/t42-/m1/s1. The number of carbonyl (C=O) groups is 2. The van der Waals surface area contributed by atoms with Crippen LogP contribution in [0.5, 0.6) is 0 Å². The quantitative estimate of drug-likeness (QED) is 0.0127. The molecule has 0 saturated heterocycles. The van der Waals surface area contributed by atoms with Crippen molar-refractivity contribution in [3.63, 3.8) is 0 Å². The maximum Gasteiger partial charge on any atom is 0.472 e. The average molecular weight is 779 g/mol. The van der Waals surface area contributed by atoms with Gasteiger partial charge >= 0.3 is 19.8 Å². The summed E-state index contributed by atoms with van der Waals surface area (Å²) in [7, 11) is 1.39. The molecule has 2 atom stereocenters. The summed E-state index contributed by atoms with van der Waals surface area (Å²) in [4.78, 5) is 35.1. The molecule has 9 nitrogen and oxygen atoms in total. The van der Waals surface area contributed by atoms with Crippen LogP contribution in [0.25, 0.3) is 0 Å². The molecule has 0 radical (unpaired) electrons. The van der Waals surface area contributed by atoms with Gasteiger partial charge in [-0.25, -0.2) is 9.36 Å². The molecule has 310 valence electrons. The zero-order chi connectivity index (χ0) is 40.0. The zero-order valence-electron chi connectivity index (χ0n) is 34.7. The van der Waals surface area contributed by atoms with Crippen LogP contribution >= 0.6 is 7.82 Å². The Labute approximate surface area is 329 Å². The fourth-order valence-electron chi connectivity index (χ4n) is 5.09. The predicted molar refractivity (Wildman–Crippen MR) is 224 cm³/mol. The molecule has 0 aromatic carbocycles. The van der Waals surface area contributed by atoms with E-state index in [0.717, 1.165) is 51.4 Å².